The summed E-state index contributed by atoms with van der Waals surface area (Å²) in [4.78, 5) is 23.5. The number of amides is 2. The molecule has 0 radical (unpaired) electrons. The molecule has 4 rings (SSSR count). The largest absolute Gasteiger partial charge is 0.573 e. The van der Waals surface area contributed by atoms with Crippen molar-refractivity contribution < 1.29 is 37.7 Å². The monoisotopic (exact) mass is 489 g/mol. The number of phenolic OH excluding ortho intramolecular Hbond substituents is 1. The highest BCUT2D eigenvalue weighted by Gasteiger charge is 2.33. The van der Waals surface area contributed by atoms with Crippen molar-refractivity contribution in [2.75, 3.05) is 13.1 Å². The van der Waals surface area contributed by atoms with Crippen LogP contribution in [0.3, 0.4) is 0 Å². The number of carbonyl (C=O) groups is 2. The van der Waals surface area contributed by atoms with E-state index in [1.807, 2.05) is 4.57 Å². The van der Waals surface area contributed by atoms with Crippen LogP contribution in [0.25, 0.3) is 22.4 Å². The molecule has 2 aromatic carbocycles. The summed E-state index contributed by atoms with van der Waals surface area (Å²) in [5.74, 6) is -0.689. The number of benzene rings is 2. The van der Waals surface area contributed by atoms with Crippen LogP contribution in [-0.4, -0.2) is 46.2 Å². The van der Waals surface area contributed by atoms with Gasteiger partial charge in [-0.2, -0.15) is 0 Å². The van der Waals surface area contributed by atoms with E-state index in [1.165, 1.54) is 30.3 Å². The summed E-state index contributed by atoms with van der Waals surface area (Å²) < 4.78 is 44.3. The number of halogens is 3. The van der Waals surface area contributed by atoms with Gasteiger partial charge in [-0.25, -0.2) is 4.79 Å². The second-order valence-corrected chi connectivity index (χ2v) is 8.02. The fraction of sp³-hybridized carbons (Fsp3) is 0.250. The SMILES string of the molecule is O=C(O)NCCC[C@H]1CNC(=O)c2cc(-c3cccc(OC(F)(F)F)c3)c(-c3ccc(O)cc3)n21. The second-order valence-electron chi connectivity index (χ2n) is 8.02. The minimum Gasteiger partial charge on any atom is -0.508 e. The van der Waals surface area contributed by atoms with E-state index in [-0.39, 0.29) is 24.2 Å². The molecule has 1 atom stereocenters. The van der Waals surface area contributed by atoms with Crippen LogP contribution in [0.4, 0.5) is 18.0 Å². The summed E-state index contributed by atoms with van der Waals surface area (Å²) in [6.45, 7) is 0.532. The molecule has 11 heteroatoms. The Morgan fingerprint density at radius 3 is 2.57 bits per heavy atom. The van der Waals surface area contributed by atoms with E-state index in [4.69, 9.17) is 5.11 Å². The van der Waals surface area contributed by atoms with Crippen molar-refractivity contribution >= 4 is 12.0 Å². The Morgan fingerprint density at radius 1 is 1.14 bits per heavy atom. The van der Waals surface area contributed by atoms with E-state index < -0.39 is 18.2 Å². The minimum absolute atomic E-state index is 0.0373. The van der Waals surface area contributed by atoms with Crippen LogP contribution in [-0.2, 0) is 0 Å². The number of hydrogen-bond donors (Lipinski definition) is 4. The van der Waals surface area contributed by atoms with E-state index >= 15 is 0 Å². The highest BCUT2D eigenvalue weighted by atomic mass is 19.4. The molecule has 0 fully saturated rings. The van der Waals surface area contributed by atoms with Crippen molar-refractivity contribution in [3.63, 3.8) is 0 Å². The molecule has 8 nitrogen and oxygen atoms in total. The highest BCUT2D eigenvalue weighted by molar-refractivity contribution is 5.98. The van der Waals surface area contributed by atoms with Crippen LogP contribution < -0.4 is 15.4 Å². The van der Waals surface area contributed by atoms with Crippen LogP contribution in [0.15, 0.2) is 54.6 Å². The van der Waals surface area contributed by atoms with Gasteiger partial charge in [0.1, 0.15) is 17.2 Å². The van der Waals surface area contributed by atoms with Crippen molar-refractivity contribution in [3.8, 4) is 33.9 Å². The van der Waals surface area contributed by atoms with Crippen molar-refractivity contribution in [2.24, 2.45) is 0 Å². The van der Waals surface area contributed by atoms with Crippen LogP contribution in [0.5, 0.6) is 11.5 Å². The third kappa shape index (κ3) is 5.51. The van der Waals surface area contributed by atoms with Gasteiger partial charge in [-0.15, -0.1) is 13.2 Å². The van der Waals surface area contributed by atoms with Gasteiger partial charge < -0.3 is 30.2 Å². The molecule has 0 saturated carbocycles. The lowest BCUT2D eigenvalue weighted by Gasteiger charge is -2.29. The van der Waals surface area contributed by atoms with Gasteiger partial charge in [-0.05, 0) is 66.4 Å². The number of phenols is 1. The molecule has 1 aromatic heterocycles. The van der Waals surface area contributed by atoms with Crippen molar-refractivity contribution in [2.45, 2.75) is 25.2 Å². The molecule has 3 aromatic rings. The lowest BCUT2D eigenvalue weighted by Crippen LogP contribution is -2.39. The molecule has 0 spiro atoms. The van der Waals surface area contributed by atoms with E-state index in [1.54, 1.807) is 24.3 Å². The van der Waals surface area contributed by atoms with Crippen LogP contribution in [0.2, 0.25) is 0 Å². The number of aromatic hydroxyl groups is 1. The Balaban J connectivity index is 1.82. The zero-order valence-electron chi connectivity index (χ0n) is 18.3. The molecule has 0 aliphatic carbocycles. The molecular formula is C24H22F3N3O5. The van der Waals surface area contributed by atoms with E-state index in [0.717, 1.165) is 0 Å². The average molecular weight is 489 g/mol. The molecule has 1 aliphatic rings. The number of hydrogen-bond acceptors (Lipinski definition) is 4. The van der Waals surface area contributed by atoms with Gasteiger partial charge >= 0.3 is 12.5 Å². The van der Waals surface area contributed by atoms with Crippen LogP contribution in [0.1, 0.15) is 29.4 Å². The van der Waals surface area contributed by atoms with Crippen LogP contribution in [0, 0.1) is 0 Å². The molecule has 2 amide bonds. The lowest BCUT2D eigenvalue weighted by molar-refractivity contribution is -0.274. The Bertz CT molecular complexity index is 1240. The van der Waals surface area contributed by atoms with Gasteiger partial charge in [-0.1, -0.05) is 12.1 Å². The van der Waals surface area contributed by atoms with Gasteiger partial charge in [-0.3, -0.25) is 4.79 Å². The van der Waals surface area contributed by atoms with E-state index in [2.05, 4.69) is 15.4 Å². The number of fused-ring (bicyclic) bond motifs is 1. The molecule has 0 saturated heterocycles. The Hall–Kier alpha value is -4.15. The van der Waals surface area contributed by atoms with Crippen molar-refractivity contribution in [3.05, 3.63) is 60.3 Å². The number of nitrogens with zero attached hydrogens (tertiary/aromatic N) is 1. The number of aromatic nitrogens is 1. The van der Waals surface area contributed by atoms with Crippen LogP contribution >= 0.6 is 0 Å². The topological polar surface area (TPSA) is 113 Å². The molecule has 35 heavy (non-hydrogen) atoms. The number of ether oxygens (including phenoxy) is 1. The molecule has 0 bridgehead atoms. The second kappa shape index (κ2) is 9.61. The first kappa shape index (κ1) is 24.0. The highest BCUT2D eigenvalue weighted by Crippen LogP contribution is 2.41. The fourth-order valence-corrected chi connectivity index (χ4v) is 4.23. The molecule has 2 heterocycles. The third-order valence-electron chi connectivity index (χ3n) is 5.64. The first-order chi connectivity index (χ1) is 16.6. The Kier molecular flexibility index (Phi) is 6.59. The van der Waals surface area contributed by atoms with E-state index in [9.17, 15) is 27.9 Å². The number of carbonyl (C=O) groups excluding carboxylic acids is 1. The summed E-state index contributed by atoms with van der Waals surface area (Å²) in [5, 5.41) is 23.7. The number of rotatable bonds is 7. The number of carboxylic acid groups (broad SMARTS) is 1. The van der Waals surface area contributed by atoms with Gasteiger partial charge in [0.05, 0.1) is 11.7 Å². The smallest absolute Gasteiger partial charge is 0.508 e. The zero-order chi connectivity index (χ0) is 25.2. The average Bonchev–Trinajstić information content (AvgIpc) is 3.19. The maximum absolute atomic E-state index is 12.8. The third-order valence-corrected chi connectivity index (χ3v) is 5.64. The summed E-state index contributed by atoms with van der Waals surface area (Å²) in [7, 11) is 0. The first-order valence-corrected chi connectivity index (χ1v) is 10.8. The Labute approximate surface area is 197 Å². The molecule has 1 aliphatic heterocycles. The van der Waals surface area contributed by atoms with Gasteiger partial charge in [0.25, 0.3) is 5.91 Å². The maximum atomic E-state index is 12.8. The predicted octanol–water partition coefficient (Wildman–Crippen LogP) is 4.76. The lowest BCUT2D eigenvalue weighted by atomic mass is 10.00. The Morgan fingerprint density at radius 2 is 1.89 bits per heavy atom. The first-order valence-electron chi connectivity index (χ1n) is 10.8. The number of nitrogens with one attached hydrogen (secondary N) is 2. The fourth-order valence-electron chi connectivity index (χ4n) is 4.23. The quantitative estimate of drug-likeness (QED) is 0.358. The van der Waals surface area contributed by atoms with Crippen molar-refractivity contribution in [1.29, 1.82) is 0 Å². The standard InChI is InChI=1S/C24H22F3N3O5/c25-24(26,27)35-18-5-1-3-15(11-18)19-12-20-22(32)29-13-16(4-2-10-28-23(33)34)30(20)21(19)14-6-8-17(31)9-7-14/h1,3,5-9,11-12,16,28,31H,2,4,10,13H2,(H,29,32)(H,33,34)/t16-/m0/s1. The number of alkyl halides is 3. The summed E-state index contributed by atoms with van der Waals surface area (Å²) in [6, 6.07) is 13.2. The van der Waals surface area contributed by atoms with Gasteiger partial charge in [0.2, 0.25) is 0 Å². The molecule has 184 valence electrons. The summed E-state index contributed by atoms with van der Waals surface area (Å²) in [6.07, 6.45) is -4.95. The molecule has 0 unspecified atom stereocenters. The summed E-state index contributed by atoms with van der Waals surface area (Å²) in [5.41, 5.74) is 2.50. The zero-order valence-corrected chi connectivity index (χ0v) is 18.3. The van der Waals surface area contributed by atoms with Gasteiger partial charge in [0.15, 0.2) is 0 Å². The normalized spacial score (nSPS) is 15.3. The predicted molar refractivity (Wildman–Crippen MR) is 120 cm³/mol. The maximum Gasteiger partial charge on any atom is 0.573 e. The minimum atomic E-state index is -4.85. The summed E-state index contributed by atoms with van der Waals surface area (Å²) >= 11 is 0. The molecular weight excluding hydrogens is 467 g/mol. The van der Waals surface area contributed by atoms with Gasteiger partial charge in [0, 0.05) is 18.7 Å². The van der Waals surface area contributed by atoms with Crippen molar-refractivity contribution in [1.82, 2.24) is 15.2 Å². The van der Waals surface area contributed by atoms with E-state index in [0.29, 0.717) is 47.5 Å². The molecule has 4 N–H and O–H groups in total.